The largest absolute Gasteiger partial charge is 0.326 e. The number of carbonyl (C=O) groups is 2. The molecule has 0 spiro atoms. The molecule has 25 heavy (non-hydrogen) atoms. The number of carbonyl (C=O) groups excluding carboxylic acids is 2. The maximum atomic E-state index is 12.3. The molecular weight excluding hydrogens is 358 g/mol. The Bertz CT molecular complexity index is 999. The van der Waals surface area contributed by atoms with Crippen LogP contribution in [0.5, 0.6) is 0 Å². The average molecular weight is 370 g/mol. The highest BCUT2D eigenvalue weighted by atomic mass is 35.5. The van der Waals surface area contributed by atoms with Crippen molar-refractivity contribution in [2.24, 2.45) is 0 Å². The molecule has 7 heteroatoms. The quantitative estimate of drug-likeness (QED) is 0.726. The van der Waals surface area contributed by atoms with Crippen molar-refractivity contribution in [3.05, 3.63) is 64.0 Å². The van der Waals surface area contributed by atoms with E-state index in [1.54, 1.807) is 24.3 Å². The molecule has 0 saturated carbocycles. The first kappa shape index (κ1) is 15.8. The van der Waals surface area contributed by atoms with Crippen LogP contribution < -0.4 is 10.6 Å². The van der Waals surface area contributed by atoms with Gasteiger partial charge in [-0.05, 0) is 35.9 Å². The maximum Gasteiger partial charge on any atom is 0.257 e. The molecule has 0 saturated heterocycles. The number of hydrogen-bond acceptors (Lipinski definition) is 4. The first-order valence-corrected chi connectivity index (χ1v) is 8.80. The second kappa shape index (κ2) is 6.31. The molecule has 2 N–H and O–H groups in total. The highest BCUT2D eigenvalue weighted by Crippen LogP contribution is 2.31. The second-order valence-electron chi connectivity index (χ2n) is 5.60. The molecule has 3 aromatic rings. The van der Waals surface area contributed by atoms with Crippen molar-refractivity contribution in [1.82, 2.24) is 4.98 Å². The van der Waals surface area contributed by atoms with Gasteiger partial charge < -0.3 is 5.32 Å². The summed E-state index contributed by atoms with van der Waals surface area (Å²) in [5, 5.41) is 8.48. The number of aromatic nitrogens is 1. The number of amides is 2. The lowest BCUT2D eigenvalue weighted by atomic mass is 10.1. The van der Waals surface area contributed by atoms with E-state index in [1.807, 2.05) is 23.6 Å². The van der Waals surface area contributed by atoms with Crippen molar-refractivity contribution in [3.63, 3.8) is 0 Å². The number of benzene rings is 2. The van der Waals surface area contributed by atoms with Crippen LogP contribution in [0, 0.1) is 0 Å². The van der Waals surface area contributed by atoms with Crippen molar-refractivity contribution in [3.8, 4) is 11.3 Å². The zero-order valence-electron chi connectivity index (χ0n) is 12.9. The Morgan fingerprint density at radius 2 is 2.12 bits per heavy atom. The smallest absolute Gasteiger partial charge is 0.257 e. The summed E-state index contributed by atoms with van der Waals surface area (Å²) >= 11 is 7.26. The van der Waals surface area contributed by atoms with E-state index in [2.05, 4.69) is 15.6 Å². The van der Waals surface area contributed by atoms with Gasteiger partial charge in [0.15, 0.2) is 5.13 Å². The fourth-order valence-corrected chi connectivity index (χ4v) is 3.56. The Labute approximate surface area is 152 Å². The number of rotatable bonds is 3. The van der Waals surface area contributed by atoms with Gasteiger partial charge in [-0.2, -0.15) is 0 Å². The summed E-state index contributed by atoms with van der Waals surface area (Å²) in [6.07, 6.45) is 0.381. The fourth-order valence-electron chi connectivity index (χ4n) is 2.65. The monoisotopic (exact) mass is 369 g/mol. The van der Waals surface area contributed by atoms with Gasteiger partial charge in [0.1, 0.15) is 0 Å². The normalized spacial score (nSPS) is 12.6. The molecule has 4 rings (SSSR count). The average Bonchev–Trinajstić information content (AvgIpc) is 3.19. The third kappa shape index (κ3) is 3.26. The standard InChI is InChI=1S/C18H12ClN3O2S/c19-13-3-1-2-11(7-13)17(24)22-18-21-15(9-25-18)10-4-5-14-12(6-10)8-16(23)20-14/h1-7,9H,8H2,(H,20,23)(H,21,22,24). The van der Waals surface area contributed by atoms with E-state index in [0.29, 0.717) is 22.1 Å². The summed E-state index contributed by atoms with van der Waals surface area (Å²) < 4.78 is 0. The van der Waals surface area contributed by atoms with Gasteiger partial charge in [0.2, 0.25) is 5.91 Å². The Hall–Kier alpha value is -2.70. The lowest BCUT2D eigenvalue weighted by molar-refractivity contribution is -0.115. The topological polar surface area (TPSA) is 71.1 Å². The Morgan fingerprint density at radius 1 is 1.24 bits per heavy atom. The summed E-state index contributed by atoms with van der Waals surface area (Å²) in [4.78, 5) is 28.2. The van der Waals surface area contributed by atoms with Crippen LogP contribution >= 0.6 is 22.9 Å². The van der Waals surface area contributed by atoms with E-state index < -0.39 is 0 Å². The first-order chi connectivity index (χ1) is 12.1. The Morgan fingerprint density at radius 3 is 2.96 bits per heavy atom. The molecule has 0 radical (unpaired) electrons. The van der Waals surface area contributed by atoms with Gasteiger partial charge in [0.05, 0.1) is 12.1 Å². The highest BCUT2D eigenvalue weighted by molar-refractivity contribution is 7.14. The van der Waals surface area contributed by atoms with Gasteiger partial charge in [0.25, 0.3) is 5.91 Å². The fraction of sp³-hybridized carbons (Fsp3) is 0.0556. The van der Waals surface area contributed by atoms with Gasteiger partial charge >= 0.3 is 0 Å². The summed E-state index contributed by atoms with van der Waals surface area (Å²) in [5.74, 6) is -0.257. The van der Waals surface area contributed by atoms with Crippen LogP contribution in [-0.4, -0.2) is 16.8 Å². The van der Waals surface area contributed by atoms with E-state index >= 15 is 0 Å². The molecule has 0 bridgehead atoms. The zero-order valence-corrected chi connectivity index (χ0v) is 14.4. The number of anilines is 2. The summed E-state index contributed by atoms with van der Waals surface area (Å²) in [5.41, 5.74) is 3.95. The molecule has 1 aliphatic rings. The number of hydrogen-bond donors (Lipinski definition) is 2. The van der Waals surface area contributed by atoms with E-state index in [1.165, 1.54) is 11.3 Å². The molecule has 0 atom stereocenters. The SMILES string of the molecule is O=C1Cc2cc(-c3csc(NC(=O)c4cccc(Cl)c4)n3)ccc2N1. The molecule has 5 nitrogen and oxygen atoms in total. The lowest BCUT2D eigenvalue weighted by Crippen LogP contribution is -2.11. The predicted octanol–water partition coefficient (Wildman–Crippen LogP) is 4.21. The van der Waals surface area contributed by atoms with Crippen molar-refractivity contribution >= 4 is 45.6 Å². The van der Waals surface area contributed by atoms with E-state index in [9.17, 15) is 9.59 Å². The van der Waals surface area contributed by atoms with Gasteiger partial charge in [0, 0.05) is 27.2 Å². The van der Waals surface area contributed by atoms with E-state index in [0.717, 1.165) is 22.5 Å². The number of nitrogens with one attached hydrogen (secondary N) is 2. The molecule has 2 heterocycles. The van der Waals surface area contributed by atoms with Crippen LogP contribution in [0.15, 0.2) is 47.8 Å². The van der Waals surface area contributed by atoms with Gasteiger partial charge in [-0.3, -0.25) is 14.9 Å². The number of thiazole rings is 1. The predicted molar refractivity (Wildman–Crippen MR) is 99.3 cm³/mol. The second-order valence-corrected chi connectivity index (χ2v) is 6.89. The molecule has 1 aromatic heterocycles. The van der Waals surface area contributed by atoms with Crippen molar-refractivity contribution in [2.75, 3.05) is 10.6 Å². The van der Waals surface area contributed by atoms with Crippen molar-refractivity contribution < 1.29 is 9.59 Å². The Kier molecular flexibility index (Phi) is 3.99. The summed E-state index contributed by atoms with van der Waals surface area (Å²) in [6, 6.07) is 12.5. The Balaban J connectivity index is 1.54. The van der Waals surface area contributed by atoms with E-state index in [4.69, 9.17) is 11.6 Å². The minimum Gasteiger partial charge on any atom is -0.326 e. The third-order valence-corrected chi connectivity index (χ3v) is 4.83. The molecular formula is C18H12ClN3O2S. The van der Waals surface area contributed by atoms with Gasteiger partial charge in [-0.15, -0.1) is 11.3 Å². The van der Waals surface area contributed by atoms with Crippen LogP contribution in [0.25, 0.3) is 11.3 Å². The summed E-state index contributed by atoms with van der Waals surface area (Å²) in [7, 11) is 0. The summed E-state index contributed by atoms with van der Waals surface area (Å²) in [6.45, 7) is 0. The van der Waals surface area contributed by atoms with Gasteiger partial charge in [-0.1, -0.05) is 23.7 Å². The van der Waals surface area contributed by atoms with E-state index in [-0.39, 0.29) is 11.8 Å². The van der Waals surface area contributed by atoms with Crippen LogP contribution in [-0.2, 0) is 11.2 Å². The van der Waals surface area contributed by atoms with Crippen LogP contribution in [0.3, 0.4) is 0 Å². The lowest BCUT2D eigenvalue weighted by Gasteiger charge is -2.03. The molecule has 2 aromatic carbocycles. The van der Waals surface area contributed by atoms with Crippen molar-refractivity contribution in [1.29, 1.82) is 0 Å². The maximum absolute atomic E-state index is 12.3. The third-order valence-electron chi connectivity index (χ3n) is 3.84. The first-order valence-electron chi connectivity index (χ1n) is 7.54. The minimum absolute atomic E-state index is 0.0000907. The van der Waals surface area contributed by atoms with Crippen LogP contribution in [0.2, 0.25) is 5.02 Å². The highest BCUT2D eigenvalue weighted by Gasteiger charge is 2.18. The molecule has 2 amide bonds. The molecule has 0 unspecified atom stereocenters. The number of halogens is 1. The number of nitrogens with zero attached hydrogens (tertiary/aromatic N) is 1. The molecule has 124 valence electrons. The molecule has 1 aliphatic heterocycles. The van der Waals surface area contributed by atoms with Gasteiger partial charge in [-0.25, -0.2) is 4.98 Å². The van der Waals surface area contributed by atoms with Crippen LogP contribution in [0.1, 0.15) is 15.9 Å². The molecule has 0 fully saturated rings. The van der Waals surface area contributed by atoms with Crippen LogP contribution in [0.4, 0.5) is 10.8 Å². The van der Waals surface area contributed by atoms with Crippen molar-refractivity contribution in [2.45, 2.75) is 6.42 Å². The minimum atomic E-state index is -0.257. The zero-order chi connectivity index (χ0) is 17.4. The number of fused-ring (bicyclic) bond motifs is 1. The molecule has 0 aliphatic carbocycles.